The van der Waals surface area contributed by atoms with Gasteiger partial charge in [-0.1, -0.05) is 6.07 Å². The number of thioether (sulfide) groups is 1. The number of nitrogens with one attached hydrogen (secondary N) is 1. The number of benzene rings is 1. The molecule has 0 atom stereocenters. The molecule has 1 amide bonds. The van der Waals surface area contributed by atoms with Crippen molar-refractivity contribution in [2.45, 2.75) is 16.8 Å². The molecule has 2 rings (SSSR count). The van der Waals surface area contributed by atoms with Crippen LogP contribution in [0, 0.1) is 0 Å². The lowest BCUT2D eigenvalue weighted by Crippen LogP contribution is -2.29. The average Bonchev–Trinajstić information content (AvgIpc) is 2.92. The molecule has 0 radical (unpaired) electrons. The van der Waals surface area contributed by atoms with Gasteiger partial charge in [0, 0.05) is 10.6 Å². The molecule has 1 aromatic carbocycles. The van der Waals surface area contributed by atoms with Gasteiger partial charge in [0.05, 0.1) is 10.4 Å². The predicted octanol–water partition coefficient (Wildman–Crippen LogP) is 3.66. The fourth-order valence-corrected chi connectivity index (χ4v) is 3.50. The molecule has 1 aromatic heterocycles. The molecule has 112 valence electrons. The quantitative estimate of drug-likeness (QED) is 0.389. The van der Waals surface area contributed by atoms with E-state index in [9.17, 15) is 18.0 Å². The van der Waals surface area contributed by atoms with E-state index >= 15 is 0 Å². The van der Waals surface area contributed by atoms with E-state index in [1.165, 1.54) is 29.2 Å². The Morgan fingerprint density at radius 1 is 1.33 bits per heavy atom. The van der Waals surface area contributed by atoms with Gasteiger partial charge in [-0.25, -0.2) is 5.84 Å². The van der Waals surface area contributed by atoms with Gasteiger partial charge >= 0.3 is 6.18 Å². The van der Waals surface area contributed by atoms with E-state index in [4.69, 9.17) is 5.84 Å². The minimum Gasteiger partial charge on any atom is -0.289 e. The summed E-state index contributed by atoms with van der Waals surface area (Å²) in [6, 6.07) is 6.86. The van der Waals surface area contributed by atoms with Gasteiger partial charge in [0.2, 0.25) is 0 Å². The van der Waals surface area contributed by atoms with Crippen LogP contribution < -0.4 is 11.3 Å². The van der Waals surface area contributed by atoms with Crippen LogP contribution in [0.25, 0.3) is 0 Å². The van der Waals surface area contributed by atoms with Crippen molar-refractivity contribution in [2.24, 2.45) is 5.84 Å². The summed E-state index contributed by atoms with van der Waals surface area (Å²) in [6.45, 7) is 0. The zero-order chi connectivity index (χ0) is 15.5. The zero-order valence-corrected chi connectivity index (χ0v) is 12.2. The van der Waals surface area contributed by atoms with Gasteiger partial charge in [0.25, 0.3) is 5.91 Å². The maximum atomic E-state index is 12.6. The third-order valence-corrected chi connectivity index (χ3v) is 4.64. The number of carbonyl (C=O) groups excluding carboxylic acids is 1. The van der Waals surface area contributed by atoms with Crippen LogP contribution in [0.1, 0.15) is 20.8 Å². The van der Waals surface area contributed by atoms with Crippen molar-refractivity contribution in [3.05, 3.63) is 51.7 Å². The largest absolute Gasteiger partial charge is 0.416 e. The molecule has 0 bridgehead atoms. The van der Waals surface area contributed by atoms with E-state index in [1.54, 1.807) is 17.5 Å². The van der Waals surface area contributed by atoms with Crippen molar-refractivity contribution < 1.29 is 18.0 Å². The first-order valence-electron chi connectivity index (χ1n) is 5.79. The maximum absolute atomic E-state index is 12.6. The van der Waals surface area contributed by atoms with Crippen LogP contribution in [-0.4, -0.2) is 5.91 Å². The van der Waals surface area contributed by atoms with E-state index in [-0.39, 0.29) is 0 Å². The Balaban J connectivity index is 2.11. The summed E-state index contributed by atoms with van der Waals surface area (Å²) in [6.07, 6.45) is -4.36. The normalized spacial score (nSPS) is 11.4. The van der Waals surface area contributed by atoms with Crippen LogP contribution in [0.3, 0.4) is 0 Å². The van der Waals surface area contributed by atoms with Crippen LogP contribution >= 0.6 is 23.1 Å². The molecule has 0 fully saturated rings. The van der Waals surface area contributed by atoms with Crippen molar-refractivity contribution in [3.63, 3.8) is 0 Å². The van der Waals surface area contributed by atoms with Gasteiger partial charge in [-0.2, -0.15) is 13.2 Å². The SMILES string of the molecule is NNC(=O)c1sccc1CSc1cccc(C(F)(F)F)c1. The minimum absolute atomic E-state index is 0.396. The van der Waals surface area contributed by atoms with E-state index in [0.29, 0.717) is 15.5 Å². The number of halogens is 3. The Hall–Kier alpha value is -1.51. The smallest absolute Gasteiger partial charge is 0.289 e. The van der Waals surface area contributed by atoms with Crippen molar-refractivity contribution >= 4 is 29.0 Å². The minimum atomic E-state index is -4.36. The lowest BCUT2D eigenvalue weighted by Gasteiger charge is -2.08. The standard InChI is InChI=1S/C13H11F3N2OS2/c14-13(15,16)9-2-1-3-10(6-9)21-7-8-4-5-20-11(8)12(19)18-17/h1-6H,7,17H2,(H,18,19). The maximum Gasteiger partial charge on any atom is 0.416 e. The van der Waals surface area contributed by atoms with Gasteiger partial charge in [-0.05, 0) is 35.2 Å². The van der Waals surface area contributed by atoms with E-state index in [2.05, 4.69) is 0 Å². The second kappa shape index (κ2) is 6.50. The summed E-state index contributed by atoms with van der Waals surface area (Å²) in [5.41, 5.74) is 2.11. The predicted molar refractivity (Wildman–Crippen MR) is 77.0 cm³/mol. The van der Waals surface area contributed by atoms with Crippen LogP contribution in [0.5, 0.6) is 0 Å². The summed E-state index contributed by atoms with van der Waals surface area (Å²) >= 11 is 2.48. The molecule has 2 aromatic rings. The average molecular weight is 332 g/mol. The van der Waals surface area contributed by atoms with Gasteiger partial charge in [-0.15, -0.1) is 23.1 Å². The van der Waals surface area contributed by atoms with Gasteiger partial charge in [-0.3, -0.25) is 10.2 Å². The number of nitrogen functional groups attached to an aromatic ring is 1. The number of hydrogen-bond acceptors (Lipinski definition) is 4. The number of amides is 1. The number of rotatable bonds is 4. The topological polar surface area (TPSA) is 55.1 Å². The molecule has 0 saturated heterocycles. The first-order chi connectivity index (χ1) is 9.91. The van der Waals surface area contributed by atoms with Crippen LogP contribution in [-0.2, 0) is 11.9 Å². The monoisotopic (exact) mass is 332 g/mol. The van der Waals surface area contributed by atoms with Gasteiger partial charge in [0.15, 0.2) is 0 Å². The molecule has 0 aliphatic carbocycles. The highest BCUT2D eigenvalue weighted by atomic mass is 32.2. The third kappa shape index (κ3) is 3.99. The molecule has 0 aliphatic rings. The van der Waals surface area contributed by atoms with Crippen LogP contribution in [0.2, 0.25) is 0 Å². The molecule has 0 spiro atoms. The number of carbonyl (C=O) groups is 1. The molecule has 0 unspecified atom stereocenters. The third-order valence-electron chi connectivity index (χ3n) is 2.64. The lowest BCUT2D eigenvalue weighted by molar-refractivity contribution is -0.137. The number of alkyl halides is 3. The fourth-order valence-electron chi connectivity index (χ4n) is 1.64. The highest BCUT2D eigenvalue weighted by Crippen LogP contribution is 2.33. The lowest BCUT2D eigenvalue weighted by atomic mass is 10.2. The molecule has 3 nitrogen and oxygen atoms in total. The van der Waals surface area contributed by atoms with E-state index in [1.807, 2.05) is 5.43 Å². The van der Waals surface area contributed by atoms with Gasteiger partial charge in [0.1, 0.15) is 0 Å². The molecule has 8 heteroatoms. The summed E-state index contributed by atoms with van der Waals surface area (Å²) < 4.78 is 37.9. The fraction of sp³-hybridized carbons (Fsp3) is 0.154. The Bertz CT molecular complexity index is 640. The Labute approximate surface area is 127 Å². The number of nitrogens with two attached hydrogens (primary N) is 1. The second-order valence-electron chi connectivity index (χ2n) is 4.06. The van der Waals surface area contributed by atoms with Crippen molar-refractivity contribution in [2.75, 3.05) is 0 Å². The van der Waals surface area contributed by atoms with Crippen LogP contribution in [0.4, 0.5) is 13.2 Å². The Morgan fingerprint density at radius 3 is 2.76 bits per heavy atom. The highest BCUT2D eigenvalue weighted by Gasteiger charge is 2.30. The molecule has 3 N–H and O–H groups in total. The Morgan fingerprint density at radius 2 is 2.10 bits per heavy atom. The van der Waals surface area contributed by atoms with Crippen LogP contribution in [0.15, 0.2) is 40.6 Å². The van der Waals surface area contributed by atoms with Crippen molar-refractivity contribution in [1.29, 1.82) is 0 Å². The second-order valence-corrected chi connectivity index (χ2v) is 6.03. The molecule has 21 heavy (non-hydrogen) atoms. The first kappa shape index (κ1) is 15.9. The number of hydrogen-bond donors (Lipinski definition) is 2. The highest BCUT2D eigenvalue weighted by molar-refractivity contribution is 7.98. The van der Waals surface area contributed by atoms with Crippen molar-refractivity contribution in [1.82, 2.24) is 5.43 Å². The summed E-state index contributed by atoms with van der Waals surface area (Å²) in [4.78, 5) is 12.5. The summed E-state index contributed by atoms with van der Waals surface area (Å²) in [7, 11) is 0. The molecule has 0 saturated carbocycles. The molecule has 1 heterocycles. The summed E-state index contributed by atoms with van der Waals surface area (Å²) in [5, 5.41) is 1.74. The first-order valence-corrected chi connectivity index (χ1v) is 7.65. The zero-order valence-electron chi connectivity index (χ0n) is 10.6. The van der Waals surface area contributed by atoms with Gasteiger partial charge < -0.3 is 0 Å². The van der Waals surface area contributed by atoms with Crippen molar-refractivity contribution in [3.8, 4) is 0 Å². The molecule has 0 aliphatic heterocycles. The summed E-state index contributed by atoms with van der Waals surface area (Å²) in [5.74, 6) is 5.08. The van der Waals surface area contributed by atoms with E-state index < -0.39 is 17.6 Å². The number of thiophene rings is 1. The number of hydrazine groups is 1. The molecular formula is C13H11F3N2OS2. The Kier molecular flexibility index (Phi) is 4.92. The molecular weight excluding hydrogens is 321 g/mol. The van der Waals surface area contributed by atoms with E-state index in [0.717, 1.165) is 17.7 Å².